The van der Waals surface area contributed by atoms with Crippen molar-refractivity contribution in [1.29, 1.82) is 0 Å². The lowest BCUT2D eigenvalue weighted by Gasteiger charge is -2.20. The molecule has 0 radical (unpaired) electrons. The van der Waals surface area contributed by atoms with Crippen LogP contribution in [0.5, 0.6) is 0 Å². The first-order valence-electron chi connectivity index (χ1n) is 5.86. The van der Waals surface area contributed by atoms with Crippen LogP contribution in [-0.4, -0.2) is 46.3 Å². The van der Waals surface area contributed by atoms with Gasteiger partial charge in [-0.25, -0.2) is 0 Å². The molecule has 0 aliphatic heterocycles. The third-order valence-electron chi connectivity index (χ3n) is 2.51. The van der Waals surface area contributed by atoms with E-state index in [4.69, 9.17) is 18.9 Å². The molecule has 0 aromatic carbocycles. The summed E-state index contributed by atoms with van der Waals surface area (Å²) >= 11 is 0. The molecule has 0 aromatic rings. The molecule has 102 valence electrons. The first-order valence-corrected chi connectivity index (χ1v) is 5.86. The molecule has 0 saturated heterocycles. The van der Waals surface area contributed by atoms with Crippen LogP contribution < -0.4 is 0 Å². The van der Waals surface area contributed by atoms with E-state index in [1.54, 1.807) is 7.11 Å². The van der Waals surface area contributed by atoms with Crippen molar-refractivity contribution in [2.45, 2.75) is 27.2 Å². The third-order valence-corrected chi connectivity index (χ3v) is 2.51. The molecule has 5 nitrogen and oxygen atoms in total. The van der Waals surface area contributed by atoms with Crippen molar-refractivity contribution in [2.75, 3.05) is 40.3 Å². The average molecular weight is 248 g/mol. The quantitative estimate of drug-likeness (QED) is 0.334. The van der Waals surface area contributed by atoms with Crippen molar-refractivity contribution >= 4 is 5.97 Å². The number of esters is 1. The van der Waals surface area contributed by atoms with Crippen molar-refractivity contribution in [3.8, 4) is 0 Å². The Hall–Kier alpha value is -0.650. The molecule has 0 saturated carbocycles. The van der Waals surface area contributed by atoms with Gasteiger partial charge in [-0.3, -0.25) is 4.79 Å². The molecule has 0 spiro atoms. The summed E-state index contributed by atoms with van der Waals surface area (Å²) in [4.78, 5) is 11.5. The first kappa shape index (κ1) is 16.4. The summed E-state index contributed by atoms with van der Waals surface area (Å²) in [5.41, 5.74) is -0.446. The minimum atomic E-state index is -0.446. The fourth-order valence-corrected chi connectivity index (χ4v) is 0.856. The van der Waals surface area contributed by atoms with Crippen molar-refractivity contribution in [2.24, 2.45) is 5.41 Å². The first-order chi connectivity index (χ1) is 8.04. The van der Waals surface area contributed by atoms with Gasteiger partial charge in [0.15, 0.2) is 6.79 Å². The molecule has 0 fully saturated rings. The van der Waals surface area contributed by atoms with E-state index in [1.165, 1.54) is 0 Å². The van der Waals surface area contributed by atoms with Crippen LogP contribution in [0.1, 0.15) is 27.2 Å². The second-order valence-corrected chi connectivity index (χ2v) is 4.30. The Morgan fingerprint density at radius 2 is 1.65 bits per heavy atom. The van der Waals surface area contributed by atoms with Crippen molar-refractivity contribution in [3.05, 3.63) is 0 Å². The molecule has 5 heteroatoms. The van der Waals surface area contributed by atoms with Crippen LogP contribution in [0.15, 0.2) is 0 Å². The monoisotopic (exact) mass is 248 g/mol. The standard InChI is InChI=1S/C12H24O5/c1-5-12(2,3)11(13)17-10-16-9-8-15-7-6-14-4/h5-10H2,1-4H3. The molecule has 0 N–H and O–H groups in total. The largest absolute Gasteiger partial charge is 0.438 e. The van der Waals surface area contributed by atoms with Crippen molar-refractivity contribution in [3.63, 3.8) is 0 Å². The normalized spacial score (nSPS) is 11.5. The van der Waals surface area contributed by atoms with E-state index in [0.29, 0.717) is 26.4 Å². The summed E-state index contributed by atoms with van der Waals surface area (Å²) < 4.78 is 20.1. The van der Waals surface area contributed by atoms with Gasteiger partial charge in [0.1, 0.15) is 0 Å². The van der Waals surface area contributed by atoms with Crippen LogP contribution in [0.3, 0.4) is 0 Å². The summed E-state index contributed by atoms with van der Waals surface area (Å²) in [6.45, 7) is 7.62. The van der Waals surface area contributed by atoms with Gasteiger partial charge in [-0.1, -0.05) is 6.92 Å². The van der Waals surface area contributed by atoms with Gasteiger partial charge >= 0.3 is 5.97 Å². The van der Waals surface area contributed by atoms with Gasteiger partial charge in [-0.2, -0.15) is 0 Å². The van der Waals surface area contributed by atoms with Gasteiger partial charge in [0.2, 0.25) is 0 Å². The molecule has 0 aliphatic carbocycles. The smallest absolute Gasteiger partial charge is 0.313 e. The minimum absolute atomic E-state index is 0.0180. The lowest BCUT2D eigenvalue weighted by Crippen LogP contribution is -2.26. The lowest BCUT2D eigenvalue weighted by molar-refractivity contribution is -0.167. The van der Waals surface area contributed by atoms with E-state index in [-0.39, 0.29) is 12.8 Å². The maximum atomic E-state index is 11.5. The molecule has 17 heavy (non-hydrogen) atoms. The third kappa shape index (κ3) is 8.12. The average Bonchev–Trinajstić information content (AvgIpc) is 2.32. The van der Waals surface area contributed by atoms with Gasteiger partial charge in [0, 0.05) is 7.11 Å². The van der Waals surface area contributed by atoms with E-state index in [1.807, 2.05) is 20.8 Å². The Morgan fingerprint density at radius 3 is 2.24 bits per heavy atom. The zero-order valence-electron chi connectivity index (χ0n) is 11.3. The van der Waals surface area contributed by atoms with Crippen molar-refractivity contribution in [1.82, 2.24) is 0 Å². The number of methoxy groups -OCH3 is 1. The lowest BCUT2D eigenvalue weighted by atomic mass is 9.91. The predicted octanol–water partition coefficient (Wildman–Crippen LogP) is 1.60. The molecule has 0 aliphatic rings. The molecule has 0 amide bonds. The van der Waals surface area contributed by atoms with Gasteiger partial charge < -0.3 is 18.9 Å². The Kier molecular flexibility index (Phi) is 9.03. The molecular formula is C12H24O5. The molecule has 0 aromatic heterocycles. The van der Waals surface area contributed by atoms with Gasteiger partial charge in [0.05, 0.1) is 31.8 Å². The fraction of sp³-hybridized carbons (Fsp3) is 0.917. The SMILES string of the molecule is CCC(C)(C)C(=O)OCOCCOCCOC. The highest BCUT2D eigenvalue weighted by atomic mass is 16.7. The molecule has 0 rings (SSSR count). The van der Waals surface area contributed by atoms with E-state index >= 15 is 0 Å². The Bertz CT molecular complexity index is 203. The Morgan fingerprint density at radius 1 is 1.06 bits per heavy atom. The number of hydrogen-bond acceptors (Lipinski definition) is 5. The summed E-state index contributed by atoms with van der Waals surface area (Å²) in [6, 6.07) is 0. The molecule has 0 atom stereocenters. The number of rotatable bonds is 10. The predicted molar refractivity (Wildman–Crippen MR) is 63.7 cm³/mol. The van der Waals surface area contributed by atoms with E-state index in [9.17, 15) is 4.79 Å². The number of carbonyl (C=O) groups is 1. The van der Waals surface area contributed by atoms with Crippen molar-refractivity contribution < 1.29 is 23.7 Å². The van der Waals surface area contributed by atoms with Crippen LogP contribution in [0, 0.1) is 5.41 Å². The van der Waals surface area contributed by atoms with E-state index < -0.39 is 5.41 Å². The summed E-state index contributed by atoms with van der Waals surface area (Å²) in [5.74, 6) is -0.236. The molecule has 0 heterocycles. The highest BCUT2D eigenvalue weighted by Gasteiger charge is 2.26. The van der Waals surface area contributed by atoms with E-state index in [2.05, 4.69) is 0 Å². The fourth-order valence-electron chi connectivity index (χ4n) is 0.856. The van der Waals surface area contributed by atoms with Gasteiger partial charge in [-0.15, -0.1) is 0 Å². The number of ether oxygens (including phenoxy) is 4. The summed E-state index contributed by atoms with van der Waals surface area (Å²) in [6.07, 6.45) is 0.742. The van der Waals surface area contributed by atoms with Gasteiger partial charge in [-0.05, 0) is 20.3 Å². The van der Waals surface area contributed by atoms with Crippen LogP contribution in [0.25, 0.3) is 0 Å². The van der Waals surface area contributed by atoms with Crippen LogP contribution in [0.4, 0.5) is 0 Å². The maximum Gasteiger partial charge on any atom is 0.313 e. The highest BCUT2D eigenvalue weighted by molar-refractivity contribution is 5.75. The second-order valence-electron chi connectivity index (χ2n) is 4.30. The topological polar surface area (TPSA) is 54.0 Å². The van der Waals surface area contributed by atoms with Crippen LogP contribution in [-0.2, 0) is 23.7 Å². The highest BCUT2D eigenvalue weighted by Crippen LogP contribution is 2.21. The number of hydrogen-bond donors (Lipinski definition) is 0. The maximum absolute atomic E-state index is 11.5. The summed E-state index contributed by atoms with van der Waals surface area (Å²) in [5, 5.41) is 0. The van der Waals surface area contributed by atoms with Crippen LogP contribution in [0.2, 0.25) is 0 Å². The Balaban J connectivity index is 3.37. The molecule has 0 bridgehead atoms. The zero-order chi connectivity index (χ0) is 13.1. The summed E-state index contributed by atoms with van der Waals surface area (Å²) in [7, 11) is 1.62. The molecular weight excluding hydrogens is 224 g/mol. The van der Waals surface area contributed by atoms with Crippen LogP contribution >= 0.6 is 0 Å². The number of carbonyl (C=O) groups excluding carboxylic acids is 1. The minimum Gasteiger partial charge on any atom is -0.438 e. The van der Waals surface area contributed by atoms with Gasteiger partial charge in [0.25, 0.3) is 0 Å². The zero-order valence-corrected chi connectivity index (χ0v) is 11.3. The second kappa shape index (κ2) is 9.39. The Labute approximate surface area is 103 Å². The van der Waals surface area contributed by atoms with E-state index in [0.717, 1.165) is 6.42 Å². The molecule has 0 unspecified atom stereocenters.